The van der Waals surface area contributed by atoms with Crippen molar-refractivity contribution in [2.24, 2.45) is 0 Å². The summed E-state index contributed by atoms with van der Waals surface area (Å²) in [6.45, 7) is 5.50. The third-order valence-corrected chi connectivity index (χ3v) is 7.08. The number of carbonyl (C=O) groups is 2. The molecule has 0 aliphatic carbocycles. The van der Waals surface area contributed by atoms with Crippen molar-refractivity contribution in [1.29, 1.82) is 0 Å². The van der Waals surface area contributed by atoms with Crippen molar-refractivity contribution in [3.05, 3.63) is 70.9 Å². The molecular weight excluding hydrogens is 494 g/mol. The van der Waals surface area contributed by atoms with Crippen LogP contribution >= 0.6 is 23.6 Å². The minimum absolute atomic E-state index is 0.00977. The van der Waals surface area contributed by atoms with E-state index < -0.39 is 6.04 Å². The van der Waals surface area contributed by atoms with Gasteiger partial charge < -0.3 is 19.7 Å². The normalized spacial score (nSPS) is 15.3. The summed E-state index contributed by atoms with van der Waals surface area (Å²) in [5, 5.41) is 5.32. The van der Waals surface area contributed by atoms with E-state index in [9.17, 15) is 9.59 Å². The van der Waals surface area contributed by atoms with Crippen LogP contribution in [-0.2, 0) is 16.0 Å². The Bertz CT molecular complexity index is 1180. The second-order valence-corrected chi connectivity index (χ2v) is 9.53. The van der Waals surface area contributed by atoms with Gasteiger partial charge in [-0.25, -0.2) is 0 Å². The van der Waals surface area contributed by atoms with Gasteiger partial charge in [-0.1, -0.05) is 6.07 Å². The average molecular weight is 524 g/mol. The first kappa shape index (κ1) is 25.7. The number of ether oxygens (including phenoxy) is 2. The van der Waals surface area contributed by atoms with Crippen LogP contribution in [0.2, 0.25) is 0 Å². The molecule has 4 rings (SSSR count). The van der Waals surface area contributed by atoms with E-state index in [1.165, 1.54) is 9.78 Å². The monoisotopic (exact) mass is 523 g/mol. The van der Waals surface area contributed by atoms with Gasteiger partial charge >= 0.3 is 0 Å². The molecule has 1 fully saturated rings. The summed E-state index contributed by atoms with van der Waals surface area (Å²) in [7, 11) is 0. The molecule has 1 saturated heterocycles. The number of hydrogen-bond acceptors (Lipinski definition) is 6. The highest BCUT2D eigenvalue weighted by molar-refractivity contribution is 7.80. The lowest BCUT2D eigenvalue weighted by atomic mass is 10.1. The van der Waals surface area contributed by atoms with E-state index in [1.54, 1.807) is 35.6 Å². The minimum atomic E-state index is -0.688. The standard InChI is InChI=1S/C27H29N3O4S2/c1-3-33-21-11-7-19(8-12-21)28-25(31)18-24-26(32)30(20-9-13-22(14-10-20)34-4-2)27(35)29(24)16-15-23-6-5-17-36-23/h5-14,17,24H,3-4,15-16,18H2,1-2H3,(H,28,31)/t24-/m0/s1. The Morgan fingerprint density at radius 1 is 1.00 bits per heavy atom. The van der Waals surface area contributed by atoms with Gasteiger partial charge in [0.05, 0.1) is 25.3 Å². The van der Waals surface area contributed by atoms with Crippen LogP contribution in [0.4, 0.5) is 11.4 Å². The molecule has 7 nitrogen and oxygen atoms in total. The van der Waals surface area contributed by atoms with Gasteiger partial charge in [0.1, 0.15) is 17.5 Å². The van der Waals surface area contributed by atoms with Crippen molar-refractivity contribution >= 4 is 51.9 Å². The Morgan fingerprint density at radius 2 is 1.64 bits per heavy atom. The molecule has 1 atom stereocenters. The van der Waals surface area contributed by atoms with Gasteiger partial charge in [-0.2, -0.15) is 0 Å². The number of nitrogens with one attached hydrogen (secondary N) is 1. The Morgan fingerprint density at radius 3 is 2.22 bits per heavy atom. The summed E-state index contributed by atoms with van der Waals surface area (Å²) in [5.41, 5.74) is 1.30. The van der Waals surface area contributed by atoms with Crippen LogP contribution in [0.15, 0.2) is 66.0 Å². The SMILES string of the molecule is CCOc1ccc(NC(=O)C[C@H]2C(=O)N(c3ccc(OCC)cc3)C(=S)N2CCc2cccs2)cc1. The molecule has 9 heteroatoms. The van der Waals surface area contributed by atoms with Crippen LogP contribution in [0.1, 0.15) is 25.1 Å². The molecule has 0 spiro atoms. The third-order valence-electron chi connectivity index (χ3n) is 5.73. The molecule has 1 aliphatic rings. The maximum absolute atomic E-state index is 13.6. The molecule has 3 aromatic rings. The van der Waals surface area contributed by atoms with Crippen LogP contribution in [-0.4, -0.2) is 47.6 Å². The van der Waals surface area contributed by atoms with E-state index in [0.29, 0.717) is 36.2 Å². The highest BCUT2D eigenvalue weighted by Crippen LogP contribution is 2.29. The number of hydrogen-bond donors (Lipinski definition) is 1. The van der Waals surface area contributed by atoms with Crippen molar-refractivity contribution in [3.8, 4) is 11.5 Å². The van der Waals surface area contributed by atoms with Crippen LogP contribution in [0.5, 0.6) is 11.5 Å². The second kappa shape index (κ2) is 12.0. The largest absolute Gasteiger partial charge is 0.494 e. The molecule has 1 N–H and O–H groups in total. The Kier molecular flexibility index (Phi) is 8.56. The van der Waals surface area contributed by atoms with Crippen molar-refractivity contribution in [1.82, 2.24) is 4.90 Å². The molecule has 1 aliphatic heterocycles. The first-order valence-corrected chi connectivity index (χ1v) is 13.2. The van der Waals surface area contributed by atoms with E-state index in [1.807, 2.05) is 54.5 Å². The quantitative estimate of drug-likeness (QED) is 0.352. The molecule has 36 heavy (non-hydrogen) atoms. The fourth-order valence-corrected chi connectivity index (χ4v) is 5.17. The Balaban J connectivity index is 1.51. The zero-order valence-corrected chi connectivity index (χ0v) is 21.9. The van der Waals surface area contributed by atoms with E-state index in [2.05, 4.69) is 11.4 Å². The zero-order chi connectivity index (χ0) is 25.5. The molecule has 0 radical (unpaired) electrons. The zero-order valence-electron chi connectivity index (χ0n) is 20.3. The Hall–Kier alpha value is -3.43. The summed E-state index contributed by atoms with van der Waals surface area (Å²) in [5.74, 6) is 0.990. The Labute approximate surface area is 220 Å². The maximum atomic E-state index is 13.6. The fraction of sp³-hybridized carbons (Fsp3) is 0.296. The van der Waals surface area contributed by atoms with Crippen LogP contribution < -0.4 is 19.7 Å². The molecule has 1 aromatic heterocycles. The van der Waals surface area contributed by atoms with Crippen LogP contribution in [0.25, 0.3) is 0 Å². The van der Waals surface area contributed by atoms with Gasteiger partial charge in [-0.05, 0) is 92.5 Å². The van der Waals surface area contributed by atoms with Crippen molar-refractivity contribution in [3.63, 3.8) is 0 Å². The molecule has 0 saturated carbocycles. The highest BCUT2D eigenvalue weighted by atomic mass is 32.1. The first-order valence-electron chi connectivity index (χ1n) is 11.9. The number of carbonyl (C=O) groups excluding carboxylic acids is 2. The maximum Gasteiger partial charge on any atom is 0.256 e. The molecule has 2 aromatic carbocycles. The fourth-order valence-electron chi connectivity index (χ4n) is 4.06. The summed E-state index contributed by atoms with van der Waals surface area (Å²) in [6, 6.07) is 17.8. The van der Waals surface area contributed by atoms with Crippen LogP contribution in [0.3, 0.4) is 0 Å². The molecule has 2 amide bonds. The second-order valence-electron chi connectivity index (χ2n) is 8.13. The molecule has 0 bridgehead atoms. The van der Waals surface area contributed by atoms with Gasteiger partial charge in [-0.15, -0.1) is 11.3 Å². The highest BCUT2D eigenvalue weighted by Gasteiger charge is 2.43. The van der Waals surface area contributed by atoms with E-state index in [0.717, 1.165) is 17.9 Å². The predicted octanol–water partition coefficient (Wildman–Crippen LogP) is 5.12. The summed E-state index contributed by atoms with van der Waals surface area (Å²) >= 11 is 7.42. The molecule has 2 heterocycles. The number of benzene rings is 2. The van der Waals surface area contributed by atoms with E-state index in [-0.39, 0.29) is 18.2 Å². The average Bonchev–Trinajstić information content (AvgIpc) is 3.47. The molecular formula is C27H29N3O4S2. The van der Waals surface area contributed by atoms with Gasteiger partial charge in [0, 0.05) is 17.1 Å². The molecule has 188 valence electrons. The first-order chi connectivity index (χ1) is 17.5. The molecule has 0 unspecified atom stereocenters. The van der Waals surface area contributed by atoms with E-state index >= 15 is 0 Å². The summed E-state index contributed by atoms with van der Waals surface area (Å²) in [6.07, 6.45) is 0.726. The third kappa shape index (κ3) is 6.03. The van der Waals surface area contributed by atoms with E-state index in [4.69, 9.17) is 21.7 Å². The number of thiophene rings is 1. The van der Waals surface area contributed by atoms with Gasteiger partial charge in [-0.3, -0.25) is 14.5 Å². The number of rotatable bonds is 11. The van der Waals surface area contributed by atoms with Crippen molar-refractivity contribution in [2.45, 2.75) is 32.7 Å². The van der Waals surface area contributed by atoms with Gasteiger partial charge in [0.25, 0.3) is 5.91 Å². The van der Waals surface area contributed by atoms with Gasteiger partial charge in [0.2, 0.25) is 5.91 Å². The topological polar surface area (TPSA) is 71.1 Å². The van der Waals surface area contributed by atoms with Crippen molar-refractivity contribution < 1.29 is 19.1 Å². The lowest BCUT2D eigenvalue weighted by Gasteiger charge is -2.23. The predicted molar refractivity (Wildman–Crippen MR) is 147 cm³/mol. The number of thiocarbonyl (C=S) groups is 1. The van der Waals surface area contributed by atoms with Crippen molar-refractivity contribution in [2.75, 3.05) is 30.0 Å². The lowest BCUT2D eigenvalue weighted by Crippen LogP contribution is -2.39. The van der Waals surface area contributed by atoms with Crippen LogP contribution in [0, 0.1) is 0 Å². The number of anilines is 2. The lowest BCUT2D eigenvalue weighted by molar-refractivity contribution is -0.124. The number of amides is 2. The minimum Gasteiger partial charge on any atom is -0.494 e. The smallest absolute Gasteiger partial charge is 0.256 e. The summed E-state index contributed by atoms with van der Waals surface area (Å²) in [4.78, 5) is 31.1. The number of nitrogens with zero attached hydrogens (tertiary/aromatic N) is 2. The van der Waals surface area contributed by atoms with Gasteiger partial charge in [0.15, 0.2) is 5.11 Å². The summed E-state index contributed by atoms with van der Waals surface area (Å²) < 4.78 is 11.0.